The number of carbonyl (C=O) groups is 1. The number of rotatable bonds is 8. The van der Waals surface area contributed by atoms with Crippen LogP contribution < -0.4 is 0 Å². The average Bonchev–Trinajstić information content (AvgIpc) is 2.57. The van der Waals surface area contributed by atoms with E-state index < -0.39 is 46.8 Å². The van der Waals surface area contributed by atoms with Crippen LogP contribution in [0.1, 0.15) is 41.6 Å². The minimum atomic E-state index is -1.37. The maximum Gasteiger partial charge on any atom is 0.176 e. The fourth-order valence-corrected chi connectivity index (χ4v) is 3.00. The summed E-state index contributed by atoms with van der Waals surface area (Å²) in [5.74, 6) is -6.93. The van der Waals surface area contributed by atoms with Crippen LogP contribution in [0, 0.1) is 23.3 Å². The standard InChI is InChI=1S/C19H17ClF4O3/c1-2-27-17(25)6-4-12(13-7-10(21)3-5-14(13)20)19(26)18-15(23)8-11(22)9-16(18)24/h3,5,7-9,12,17,25H,2,4,6H2,1H3. The molecule has 0 saturated heterocycles. The quantitative estimate of drug-likeness (QED) is 0.382. The molecule has 2 rings (SSSR count). The molecule has 0 amide bonds. The van der Waals surface area contributed by atoms with Gasteiger partial charge in [-0.25, -0.2) is 17.6 Å². The lowest BCUT2D eigenvalue weighted by atomic mass is 9.86. The van der Waals surface area contributed by atoms with E-state index in [2.05, 4.69) is 0 Å². The number of benzene rings is 2. The second-order valence-corrected chi connectivity index (χ2v) is 6.22. The van der Waals surface area contributed by atoms with Crippen molar-refractivity contribution in [2.45, 2.75) is 32.0 Å². The molecule has 0 radical (unpaired) electrons. The number of carbonyl (C=O) groups excluding carboxylic acids is 1. The molecule has 2 aromatic rings. The Kier molecular flexibility index (Phi) is 7.35. The Labute approximate surface area is 158 Å². The summed E-state index contributed by atoms with van der Waals surface area (Å²) in [6.07, 6.45) is -1.42. The van der Waals surface area contributed by atoms with Crippen LogP contribution in [0.2, 0.25) is 5.02 Å². The largest absolute Gasteiger partial charge is 0.368 e. The Balaban J connectivity index is 2.45. The lowest BCUT2D eigenvalue weighted by Gasteiger charge is -2.20. The zero-order valence-electron chi connectivity index (χ0n) is 14.3. The van der Waals surface area contributed by atoms with Gasteiger partial charge in [0.1, 0.15) is 23.3 Å². The molecule has 0 spiro atoms. The fourth-order valence-electron chi connectivity index (χ4n) is 2.75. The van der Waals surface area contributed by atoms with Crippen LogP contribution in [0.15, 0.2) is 30.3 Å². The van der Waals surface area contributed by atoms with Crippen molar-refractivity contribution in [3.8, 4) is 0 Å². The second kappa shape index (κ2) is 9.30. The molecule has 27 heavy (non-hydrogen) atoms. The summed E-state index contributed by atoms with van der Waals surface area (Å²) in [6.45, 7) is 1.86. The van der Waals surface area contributed by atoms with Gasteiger partial charge in [0.2, 0.25) is 0 Å². The van der Waals surface area contributed by atoms with E-state index in [0.29, 0.717) is 12.1 Å². The summed E-state index contributed by atoms with van der Waals surface area (Å²) >= 11 is 6.04. The predicted molar refractivity (Wildman–Crippen MR) is 91.7 cm³/mol. The first-order chi connectivity index (χ1) is 12.7. The average molecular weight is 405 g/mol. The molecule has 0 fully saturated rings. The van der Waals surface area contributed by atoms with Crippen molar-refractivity contribution in [3.63, 3.8) is 0 Å². The molecule has 0 saturated carbocycles. The monoisotopic (exact) mass is 404 g/mol. The van der Waals surface area contributed by atoms with E-state index >= 15 is 0 Å². The van der Waals surface area contributed by atoms with Crippen LogP contribution in [0.3, 0.4) is 0 Å². The van der Waals surface area contributed by atoms with Gasteiger partial charge in [0.15, 0.2) is 12.1 Å². The highest BCUT2D eigenvalue weighted by molar-refractivity contribution is 6.31. The van der Waals surface area contributed by atoms with E-state index in [-0.39, 0.29) is 30.0 Å². The van der Waals surface area contributed by atoms with Gasteiger partial charge in [0.25, 0.3) is 0 Å². The number of hydrogen-bond acceptors (Lipinski definition) is 3. The third-order valence-corrected chi connectivity index (χ3v) is 4.31. The molecule has 8 heteroatoms. The van der Waals surface area contributed by atoms with E-state index in [4.69, 9.17) is 16.3 Å². The van der Waals surface area contributed by atoms with Gasteiger partial charge in [-0.3, -0.25) is 4.79 Å². The summed E-state index contributed by atoms with van der Waals surface area (Å²) in [5.41, 5.74) is -0.943. The van der Waals surface area contributed by atoms with Gasteiger partial charge in [-0.15, -0.1) is 0 Å². The van der Waals surface area contributed by atoms with Crippen molar-refractivity contribution in [3.05, 3.63) is 69.8 Å². The van der Waals surface area contributed by atoms with Crippen LogP contribution >= 0.6 is 11.6 Å². The van der Waals surface area contributed by atoms with Crippen molar-refractivity contribution in [2.24, 2.45) is 0 Å². The maximum atomic E-state index is 14.1. The first-order valence-corrected chi connectivity index (χ1v) is 8.55. The van der Waals surface area contributed by atoms with E-state index in [1.165, 1.54) is 6.07 Å². The number of Topliss-reactive ketones (excluding diaryl/α,β-unsaturated/α-hetero) is 1. The highest BCUT2D eigenvalue weighted by Crippen LogP contribution is 2.34. The van der Waals surface area contributed by atoms with Crippen molar-refractivity contribution in [1.82, 2.24) is 0 Å². The van der Waals surface area contributed by atoms with Gasteiger partial charge in [-0.05, 0) is 43.5 Å². The van der Waals surface area contributed by atoms with Crippen LogP contribution in [0.4, 0.5) is 17.6 Å². The van der Waals surface area contributed by atoms with Gasteiger partial charge < -0.3 is 9.84 Å². The van der Waals surface area contributed by atoms with Gasteiger partial charge in [-0.1, -0.05) is 11.6 Å². The topological polar surface area (TPSA) is 46.5 Å². The van der Waals surface area contributed by atoms with E-state index in [0.717, 1.165) is 12.1 Å². The molecule has 146 valence electrons. The number of aliphatic hydroxyl groups excluding tert-OH is 1. The van der Waals surface area contributed by atoms with E-state index in [1.807, 2.05) is 0 Å². The van der Waals surface area contributed by atoms with Gasteiger partial charge in [-0.2, -0.15) is 0 Å². The Hall–Kier alpha value is -1.96. The van der Waals surface area contributed by atoms with E-state index in [1.54, 1.807) is 6.92 Å². The summed E-state index contributed by atoms with van der Waals surface area (Å²) in [4.78, 5) is 12.8. The molecule has 0 bridgehead atoms. The predicted octanol–water partition coefficient (Wildman–Crippen LogP) is 5.00. The van der Waals surface area contributed by atoms with Crippen molar-refractivity contribution in [1.29, 1.82) is 0 Å². The van der Waals surface area contributed by atoms with Crippen LogP contribution in [0.5, 0.6) is 0 Å². The molecule has 2 unspecified atom stereocenters. The normalized spacial score (nSPS) is 13.4. The number of ketones is 1. The summed E-state index contributed by atoms with van der Waals surface area (Å²) in [7, 11) is 0. The lowest BCUT2D eigenvalue weighted by molar-refractivity contribution is -0.0995. The minimum absolute atomic E-state index is 0.00786. The molecule has 2 atom stereocenters. The Morgan fingerprint density at radius 3 is 2.30 bits per heavy atom. The Morgan fingerprint density at radius 2 is 1.70 bits per heavy atom. The summed E-state index contributed by atoms with van der Waals surface area (Å²) in [6, 6.07) is 4.03. The van der Waals surface area contributed by atoms with Crippen LogP contribution in [0.25, 0.3) is 0 Å². The highest BCUT2D eigenvalue weighted by Gasteiger charge is 2.30. The van der Waals surface area contributed by atoms with Crippen LogP contribution in [-0.2, 0) is 4.74 Å². The maximum absolute atomic E-state index is 14.1. The molecule has 2 aromatic carbocycles. The highest BCUT2D eigenvalue weighted by atomic mass is 35.5. The minimum Gasteiger partial charge on any atom is -0.368 e. The summed E-state index contributed by atoms with van der Waals surface area (Å²) in [5, 5.41) is 9.75. The molecule has 1 N–H and O–H groups in total. The number of ether oxygens (including phenoxy) is 1. The second-order valence-electron chi connectivity index (χ2n) is 5.81. The van der Waals surface area contributed by atoms with Crippen molar-refractivity contribution < 1.29 is 32.2 Å². The molecule has 0 aliphatic heterocycles. The number of halogens is 5. The molecule has 0 heterocycles. The lowest BCUT2D eigenvalue weighted by Crippen LogP contribution is -2.20. The number of aliphatic hydroxyl groups is 1. The molecule has 0 aromatic heterocycles. The van der Waals surface area contributed by atoms with Crippen LogP contribution in [-0.4, -0.2) is 23.8 Å². The van der Waals surface area contributed by atoms with E-state index in [9.17, 15) is 27.5 Å². The van der Waals surface area contributed by atoms with Crippen molar-refractivity contribution in [2.75, 3.05) is 6.61 Å². The van der Waals surface area contributed by atoms with Gasteiger partial charge >= 0.3 is 0 Å². The zero-order chi connectivity index (χ0) is 20.1. The Morgan fingerprint density at radius 1 is 1.07 bits per heavy atom. The molecule has 0 aliphatic rings. The third kappa shape index (κ3) is 5.28. The first kappa shape index (κ1) is 21.3. The SMILES string of the molecule is CCOC(O)CCC(C(=O)c1c(F)cc(F)cc1F)c1cc(F)ccc1Cl. The smallest absolute Gasteiger partial charge is 0.176 e. The Bertz CT molecular complexity index is 806. The summed E-state index contributed by atoms with van der Waals surface area (Å²) < 4.78 is 59.9. The molecule has 3 nitrogen and oxygen atoms in total. The zero-order valence-corrected chi connectivity index (χ0v) is 15.1. The number of hydrogen-bond donors (Lipinski definition) is 1. The van der Waals surface area contributed by atoms with Gasteiger partial charge in [0.05, 0.1) is 5.56 Å². The van der Waals surface area contributed by atoms with Crippen molar-refractivity contribution >= 4 is 17.4 Å². The molecular weight excluding hydrogens is 388 g/mol. The third-order valence-electron chi connectivity index (χ3n) is 3.96. The fraction of sp³-hybridized carbons (Fsp3) is 0.316. The molecule has 0 aliphatic carbocycles. The molecular formula is C19H17ClF4O3. The first-order valence-electron chi connectivity index (χ1n) is 8.18. The van der Waals surface area contributed by atoms with Gasteiger partial charge in [0, 0.05) is 29.7 Å².